The quantitative estimate of drug-likeness (QED) is 0.386. The van der Waals surface area contributed by atoms with Crippen LogP contribution >= 0.6 is 23.6 Å². The molecule has 0 saturated carbocycles. The summed E-state index contributed by atoms with van der Waals surface area (Å²) in [4.78, 5) is 13.7. The number of aryl methyl sites for hydroxylation is 3. The first-order chi connectivity index (χ1) is 15.4. The van der Waals surface area contributed by atoms with Crippen LogP contribution in [0.1, 0.15) is 56.2 Å². The third kappa shape index (κ3) is 4.56. The predicted molar refractivity (Wildman–Crippen MR) is 134 cm³/mol. The van der Waals surface area contributed by atoms with Crippen molar-refractivity contribution in [2.45, 2.75) is 53.0 Å². The molecule has 0 radical (unpaired) electrons. The fourth-order valence-corrected chi connectivity index (χ4v) is 5.67. The van der Waals surface area contributed by atoms with Gasteiger partial charge < -0.3 is 15.4 Å². The number of carbonyl (C=O) groups is 1. The molecule has 6 nitrogen and oxygen atoms in total. The van der Waals surface area contributed by atoms with E-state index in [1.807, 2.05) is 18.5 Å². The Morgan fingerprint density at radius 2 is 1.88 bits per heavy atom. The lowest BCUT2D eigenvalue weighted by Crippen LogP contribution is -2.21. The molecule has 0 bridgehead atoms. The molecule has 0 atom stereocenters. The van der Waals surface area contributed by atoms with E-state index in [4.69, 9.17) is 22.1 Å². The summed E-state index contributed by atoms with van der Waals surface area (Å²) in [5.74, 6) is -0.312. The van der Waals surface area contributed by atoms with Gasteiger partial charge in [-0.25, -0.2) is 4.79 Å². The molecule has 0 fully saturated rings. The molecule has 168 valence electrons. The Labute approximate surface area is 198 Å². The van der Waals surface area contributed by atoms with Crippen LogP contribution in [0.25, 0.3) is 0 Å². The summed E-state index contributed by atoms with van der Waals surface area (Å²) in [5.41, 5.74) is 6.93. The number of esters is 1. The van der Waals surface area contributed by atoms with E-state index in [0.717, 1.165) is 53.3 Å². The van der Waals surface area contributed by atoms with Crippen LogP contribution < -0.4 is 10.6 Å². The Kier molecular flexibility index (Phi) is 6.62. The Hall–Kier alpha value is -2.71. The molecule has 8 heteroatoms. The maximum atomic E-state index is 12.5. The molecule has 0 spiro atoms. The molecule has 1 aliphatic carbocycles. The number of benzene rings is 1. The number of thiophene rings is 1. The molecule has 2 N–H and O–H groups in total. The standard InChI is InChI=1S/C24H28N4O2S2/c1-14-9-11-17(12-10-14)13-28-16(3)21(15(2)27-28)25-24(31)26-22-20(23(29)30-4)18-7-5-6-8-19(18)32-22/h9-12H,5-8,13H2,1-4H3,(H2,25,26,31). The number of hydrogen-bond acceptors (Lipinski definition) is 5. The second kappa shape index (κ2) is 9.42. The van der Waals surface area contributed by atoms with Crippen molar-refractivity contribution in [3.05, 3.63) is 62.8 Å². The maximum absolute atomic E-state index is 12.5. The number of thiocarbonyl (C=S) groups is 1. The van der Waals surface area contributed by atoms with E-state index in [9.17, 15) is 4.79 Å². The van der Waals surface area contributed by atoms with Crippen LogP contribution in [0.5, 0.6) is 0 Å². The molecule has 1 aromatic carbocycles. The lowest BCUT2D eigenvalue weighted by atomic mass is 9.95. The van der Waals surface area contributed by atoms with Crippen molar-refractivity contribution >= 4 is 45.3 Å². The van der Waals surface area contributed by atoms with Gasteiger partial charge in [-0.05, 0) is 69.8 Å². The summed E-state index contributed by atoms with van der Waals surface area (Å²) in [6.07, 6.45) is 4.14. The number of nitrogens with one attached hydrogen (secondary N) is 2. The summed E-state index contributed by atoms with van der Waals surface area (Å²) >= 11 is 7.21. The van der Waals surface area contributed by atoms with Gasteiger partial charge >= 0.3 is 5.97 Å². The summed E-state index contributed by atoms with van der Waals surface area (Å²) < 4.78 is 7.04. The topological polar surface area (TPSA) is 68.2 Å². The fraction of sp³-hybridized carbons (Fsp3) is 0.375. The minimum atomic E-state index is -0.312. The Balaban J connectivity index is 1.53. The number of ether oxygens (including phenoxy) is 1. The van der Waals surface area contributed by atoms with Crippen molar-refractivity contribution in [2.24, 2.45) is 0 Å². The van der Waals surface area contributed by atoms with Gasteiger partial charge in [-0.15, -0.1) is 11.3 Å². The Morgan fingerprint density at radius 1 is 1.16 bits per heavy atom. The summed E-state index contributed by atoms with van der Waals surface area (Å²) in [6.45, 7) is 6.77. The molecule has 0 unspecified atom stereocenters. The predicted octanol–water partition coefficient (Wildman–Crippen LogP) is 5.39. The largest absolute Gasteiger partial charge is 0.465 e. The first-order valence-corrected chi connectivity index (χ1v) is 12.0. The molecule has 2 heterocycles. The fourth-order valence-electron chi connectivity index (χ4n) is 4.12. The third-order valence-electron chi connectivity index (χ3n) is 5.86. The number of methoxy groups -OCH3 is 1. The van der Waals surface area contributed by atoms with Crippen LogP contribution in [0.3, 0.4) is 0 Å². The second-order valence-corrected chi connectivity index (χ2v) is 9.69. The zero-order valence-electron chi connectivity index (χ0n) is 18.9. The van der Waals surface area contributed by atoms with E-state index in [1.54, 1.807) is 11.3 Å². The number of fused-ring (bicyclic) bond motifs is 1. The molecule has 4 rings (SSSR count). The van der Waals surface area contributed by atoms with Gasteiger partial charge in [-0.3, -0.25) is 4.68 Å². The van der Waals surface area contributed by atoms with Crippen molar-refractivity contribution in [1.82, 2.24) is 9.78 Å². The van der Waals surface area contributed by atoms with Crippen LogP contribution in [-0.2, 0) is 24.1 Å². The first-order valence-electron chi connectivity index (χ1n) is 10.8. The van der Waals surface area contributed by atoms with E-state index in [2.05, 4.69) is 41.8 Å². The summed E-state index contributed by atoms with van der Waals surface area (Å²) in [7, 11) is 1.42. The second-order valence-electron chi connectivity index (χ2n) is 8.17. The van der Waals surface area contributed by atoms with Crippen molar-refractivity contribution < 1.29 is 9.53 Å². The minimum absolute atomic E-state index is 0.312. The van der Waals surface area contributed by atoms with Crippen LogP contribution in [0.2, 0.25) is 0 Å². The summed E-state index contributed by atoms with van der Waals surface area (Å²) in [6, 6.07) is 8.47. The van der Waals surface area contributed by atoms with Crippen molar-refractivity contribution in [2.75, 3.05) is 17.7 Å². The lowest BCUT2D eigenvalue weighted by Gasteiger charge is -2.13. The van der Waals surface area contributed by atoms with Gasteiger partial charge in [0.25, 0.3) is 0 Å². The molecular weight excluding hydrogens is 440 g/mol. The van der Waals surface area contributed by atoms with Gasteiger partial charge in [0.15, 0.2) is 5.11 Å². The number of nitrogens with zero attached hydrogens (tertiary/aromatic N) is 2. The number of rotatable bonds is 5. The van der Waals surface area contributed by atoms with Crippen LogP contribution in [-0.4, -0.2) is 28.0 Å². The van der Waals surface area contributed by atoms with E-state index in [1.165, 1.54) is 23.1 Å². The Morgan fingerprint density at radius 3 is 2.59 bits per heavy atom. The van der Waals surface area contributed by atoms with Gasteiger partial charge in [0.1, 0.15) is 5.00 Å². The molecule has 0 saturated heterocycles. The zero-order chi connectivity index (χ0) is 22.8. The highest BCUT2D eigenvalue weighted by molar-refractivity contribution is 7.80. The third-order valence-corrected chi connectivity index (χ3v) is 7.27. The molecule has 2 aromatic heterocycles. The van der Waals surface area contributed by atoms with Crippen LogP contribution in [0, 0.1) is 20.8 Å². The molecular formula is C24H28N4O2S2. The van der Waals surface area contributed by atoms with E-state index in [0.29, 0.717) is 17.2 Å². The van der Waals surface area contributed by atoms with Gasteiger partial charge in [0.2, 0.25) is 0 Å². The highest BCUT2D eigenvalue weighted by Crippen LogP contribution is 2.38. The number of aromatic nitrogens is 2. The van der Waals surface area contributed by atoms with Crippen LogP contribution in [0.15, 0.2) is 24.3 Å². The van der Waals surface area contributed by atoms with E-state index in [-0.39, 0.29) is 5.97 Å². The highest BCUT2D eigenvalue weighted by Gasteiger charge is 2.26. The van der Waals surface area contributed by atoms with E-state index < -0.39 is 0 Å². The molecule has 3 aromatic rings. The monoisotopic (exact) mass is 468 g/mol. The molecule has 32 heavy (non-hydrogen) atoms. The minimum Gasteiger partial charge on any atom is -0.465 e. The van der Waals surface area contributed by atoms with E-state index >= 15 is 0 Å². The van der Waals surface area contributed by atoms with Gasteiger partial charge in [0, 0.05) is 4.88 Å². The average Bonchev–Trinajstić information content (AvgIpc) is 3.26. The van der Waals surface area contributed by atoms with Gasteiger partial charge in [-0.1, -0.05) is 29.8 Å². The number of anilines is 2. The molecule has 0 aliphatic heterocycles. The van der Waals surface area contributed by atoms with Gasteiger partial charge in [0.05, 0.1) is 36.3 Å². The van der Waals surface area contributed by atoms with Crippen molar-refractivity contribution in [3.63, 3.8) is 0 Å². The first kappa shape index (κ1) is 22.5. The van der Waals surface area contributed by atoms with Crippen molar-refractivity contribution in [3.8, 4) is 0 Å². The maximum Gasteiger partial charge on any atom is 0.341 e. The van der Waals surface area contributed by atoms with Crippen LogP contribution in [0.4, 0.5) is 10.7 Å². The number of carbonyl (C=O) groups excluding carboxylic acids is 1. The average molecular weight is 469 g/mol. The lowest BCUT2D eigenvalue weighted by molar-refractivity contribution is 0.0601. The zero-order valence-corrected chi connectivity index (χ0v) is 20.5. The smallest absolute Gasteiger partial charge is 0.341 e. The Bertz CT molecular complexity index is 1160. The highest BCUT2D eigenvalue weighted by atomic mass is 32.1. The molecule has 1 aliphatic rings. The SMILES string of the molecule is COC(=O)c1c(NC(=S)Nc2c(C)nn(Cc3ccc(C)cc3)c2C)sc2c1CCCC2. The van der Waals surface area contributed by atoms with Crippen molar-refractivity contribution in [1.29, 1.82) is 0 Å². The molecule has 0 amide bonds. The summed E-state index contributed by atoms with van der Waals surface area (Å²) in [5, 5.41) is 12.4. The van der Waals surface area contributed by atoms with Gasteiger partial charge in [-0.2, -0.15) is 5.10 Å². The normalized spacial score (nSPS) is 12.9. The number of hydrogen-bond donors (Lipinski definition) is 2.